The quantitative estimate of drug-likeness (QED) is 0.607. The third-order valence-electron chi connectivity index (χ3n) is 3.65. The van der Waals surface area contributed by atoms with Gasteiger partial charge in [0.2, 0.25) is 0 Å². The van der Waals surface area contributed by atoms with E-state index >= 15 is 0 Å². The molecule has 0 aliphatic rings. The molecule has 5 heteroatoms. The van der Waals surface area contributed by atoms with Crippen LogP contribution in [0.5, 0.6) is 0 Å². The minimum absolute atomic E-state index is 0.000428. The first-order valence-corrected chi connectivity index (χ1v) is 7.28. The summed E-state index contributed by atoms with van der Waals surface area (Å²) in [5.41, 5.74) is 2.03. The van der Waals surface area contributed by atoms with Gasteiger partial charge in [-0.3, -0.25) is 10.1 Å². The van der Waals surface area contributed by atoms with Gasteiger partial charge in [0.1, 0.15) is 0 Å². The third-order valence-corrected chi connectivity index (χ3v) is 3.65. The number of non-ortho nitro benzene ring substituents is 1. The summed E-state index contributed by atoms with van der Waals surface area (Å²) in [7, 11) is 0. The molecule has 0 aliphatic heterocycles. The Morgan fingerprint density at radius 3 is 2.45 bits per heavy atom. The van der Waals surface area contributed by atoms with Gasteiger partial charge in [-0.25, -0.2) is 0 Å². The molecule has 0 amide bonds. The molecular formula is C17H20N2O3. The van der Waals surface area contributed by atoms with Gasteiger partial charge in [0.25, 0.3) is 5.69 Å². The lowest BCUT2D eigenvalue weighted by molar-refractivity contribution is -0.384. The summed E-state index contributed by atoms with van der Waals surface area (Å²) in [6.45, 7) is 2.04. The molecule has 2 atom stereocenters. The van der Waals surface area contributed by atoms with Crippen LogP contribution in [0, 0.1) is 10.1 Å². The van der Waals surface area contributed by atoms with Crippen LogP contribution >= 0.6 is 0 Å². The molecule has 2 N–H and O–H groups in total. The summed E-state index contributed by atoms with van der Waals surface area (Å²) in [6, 6.07) is 16.4. The predicted molar refractivity (Wildman–Crippen MR) is 85.5 cm³/mol. The minimum atomic E-state index is -0.390. The van der Waals surface area contributed by atoms with Crippen LogP contribution in [0.4, 0.5) is 5.69 Å². The number of benzene rings is 2. The molecule has 0 spiro atoms. The molecule has 2 aromatic carbocycles. The summed E-state index contributed by atoms with van der Waals surface area (Å²) in [5.74, 6) is 0. The molecule has 0 fully saturated rings. The number of nitrogens with one attached hydrogen (secondary N) is 1. The number of rotatable bonds is 7. The normalized spacial score (nSPS) is 13.5. The number of nitro groups is 1. The van der Waals surface area contributed by atoms with Crippen LogP contribution in [0.3, 0.4) is 0 Å². The minimum Gasteiger partial charge on any atom is -0.396 e. The second kappa shape index (κ2) is 7.68. The molecule has 1 unspecified atom stereocenters. The Hall–Kier alpha value is -2.24. The lowest BCUT2D eigenvalue weighted by Crippen LogP contribution is -2.25. The highest BCUT2D eigenvalue weighted by Gasteiger charge is 2.16. The molecule has 2 rings (SSSR count). The van der Waals surface area contributed by atoms with Gasteiger partial charge in [0.15, 0.2) is 0 Å². The van der Waals surface area contributed by atoms with Crippen molar-refractivity contribution in [3.05, 3.63) is 75.8 Å². The van der Waals surface area contributed by atoms with E-state index < -0.39 is 4.92 Å². The zero-order chi connectivity index (χ0) is 15.9. The zero-order valence-corrected chi connectivity index (χ0v) is 12.5. The molecule has 116 valence electrons. The fraction of sp³-hybridized carbons (Fsp3) is 0.294. The summed E-state index contributed by atoms with van der Waals surface area (Å²) in [4.78, 5) is 10.5. The Balaban J connectivity index is 2.16. The maximum Gasteiger partial charge on any atom is 0.269 e. The fourth-order valence-electron chi connectivity index (χ4n) is 2.47. The van der Waals surface area contributed by atoms with E-state index in [-0.39, 0.29) is 24.4 Å². The van der Waals surface area contributed by atoms with Gasteiger partial charge in [-0.2, -0.15) is 0 Å². The van der Waals surface area contributed by atoms with Crippen molar-refractivity contribution in [2.45, 2.75) is 25.4 Å². The molecule has 2 aromatic rings. The number of hydrogen-bond acceptors (Lipinski definition) is 4. The van der Waals surface area contributed by atoms with Gasteiger partial charge in [-0.05, 0) is 24.5 Å². The molecular weight excluding hydrogens is 280 g/mol. The van der Waals surface area contributed by atoms with E-state index in [0.717, 1.165) is 11.1 Å². The Morgan fingerprint density at radius 1 is 1.14 bits per heavy atom. The molecule has 5 nitrogen and oxygen atoms in total. The second-order valence-corrected chi connectivity index (χ2v) is 5.22. The van der Waals surface area contributed by atoms with Crippen molar-refractivity contribution in [3.63, 3.8) is 0 Å². The Labute approximate surface area is 129 Å². The van der Waals surface area contributed by atoms with Crippen LogP contribution in [0.15, 0.2) is 54.6 Å². The van der Waals surface area contributed by atoms with Crippen molar-refractivity contribution < 1.29 is 10.0 Å². The Morgan fingerprint density at radius 2 is 1.82 bits per heavy atom. The van der Waals surface area contributed by atoms with Crippen LogP contribution < -0.4 is 5.32 Å². The lowest BCUT2D eigenvalue weighted by atomic mass is 10.0. The van der Waals surface area contributed by atoms with E-state index in [1.54, 1.807) is 12.1 Å². The highest BCUT2D eigenvalue weighted by Crippen LogP contribution is 2.24. The van der Waals surface area contributed by atoms with Gasteiger partial charge in [0.05, 0.1) is 4.92 Å². The molecule has 0 heterocycles. The number of hydrogen-bond donors (Lipinski definition) is 2. The third kappa shape index (κ3) is 4.13. The van der Waals surface area contributed by atoms with Crippen molar-refractivity contribution >= 4 is 5.69 Å². The number of aliphatic hydroxyl groups is 1. The molecule has 0 saturated carbocycles. The first-order valence-electron chi connectivity index (χ1n) is 7.28. The van der Waals surface area contributed by atoms with E-state index in [9.17, 15) is 15.2 Å². The van der Waals surface area contributed by atoms with Crippen molar-refractivity contribution in [1.29, 1.82) is 0 Å². The van der Waals surface area contributed by atoms with Crippen LogP contribution in [0.25, 0.3) is 0 Å². The SMILES string of the molecule is CC(N[C@H](CCO)c1ccccc1)c1cccc([N+](=O)[O-])c1. The van der Waals surface area contributed by atoms with Gasteiger partial charge < -0.3 is 10.4 Å². The van der Waals surface area contributed by atoms with E-state index in [2.05, 4.69) is 5.32 Å². The number of aliphatic hydroxyl groups excluding tert-OH is 1. The first kappa shape index (κ1) is 16.1. The van der Waals surface area contributed by atoms with E-state index in [4.69, 9.17) is 0 Å². The van der Waals surface area contributed by atoms with E-state index in [1.165, 1.54) is 6.07 Å². The van der Waals surface area contributed by atoms with Crippen molar-refractivity contribution in [1.82, 2.24) is 5.32 Å². The molecule has 0 aliphatic carbocycles. The van der Waals surface area contributed by atoms with Crippen LogP contribution in [0.2, 0.25) is 0 Å². The van der Waals surface area contributed by atoms with E-state index in [1.807, 2.05) is 43.3 Å². The zero-order valence-electron chi connectivity index (χ0n) is 12.5. The van der Waals surface area contributed by atoms with Crippen LogP contribution in [-0.4, -0.2) is 16.6 Å². The number of nitrogens with zero attached hydrogens (tertiary/aromatic N) is 1. The highest BCUT2D eigenvalue weighted by molar-refractivity contribution is 5.35. The van der Waals surface area contributed by atoms with Gasteiger partial charge in [0, 0.05) is 30.8 Å². The first-order chi connectivity index (χ1) is 10.6. The number of nitro benzene ring substituents is 1. The molecule has 0 radical (unpaired) electrons. The predicted octanol–water partition coefficient (Wildman–Crippen LogP) is 3.37. The second-order valence-electron chi connectivity index (χ2n) is 5.22. The smallest absolute Gasteiger partial charge is 0.269 e. The monoisotopic (exact) mass is 300 g/mol. The molecule has 22 heavy (non-hydrogen) atoms. The standard InChI is InChI=1S/C17H20N2O3/c1-13(15-8-5-9-16(12-15)19(21)22)18-17(10-11-20)14-6-3-2-4-7-14/h2-9,12-13,17-18,20H,10-11H2,1H3/t13?,17-/m1/s1. The van der Waals surface area contributed by atoms with Crippen molar-refractivity contribution in [3.8, 4) is 0 Å². The molecule has 0 saturated heterocycles. The van der Waals surface area contributed by atoms with Crippen molar-refractivity contribution in [2.75, 3.05) is 6.61 Å². The summed E-state index contributed by atoms with van der Waals surface area (Å²) in [5, 5.41) is 23.6. The van der Waals surface area contributed by atoms with Crippen LogP contribution in [-0.2, 0) is 0 Å². The van der Waals surface area contributed by atoms with Crippen LogP contribution in [0.1, 0.15) is 36.6 Å². The molecule has 0 bridgehead atoms. The van der Waals surface area contributed by atoms with Gasteiger partial charge >= 0.3 is 0 Å². The summed E-state index contributed by atoms with van der Waals surface area (Å²) >= 11 is 0. The Kier molecular flexibility index (Phi) is 5.63. The maximum atomic E-state index is 10.9. The molecule has 0 aromatic heterocycles. The average Bonchev–Trinajstić information content (AvgIpc) is 2.55. The lowest BCUT2D eigenvalue weighted by Gasteiger charge is -2.23. The van der Waals surface area contributed by atoms with Crippen molar-refractivity contribution in [2.24, 2.45) is 0 Å². The topological polar surface area (TPSA) is 75.4 Å². The highest BCUT2D eigenvalue weighted by atomic mass is 16.6. The van der Waals surface area contributed by atoms with E-state index in [0.29, 0.717) is 6.42 Å². The van der Waals surface area contributed by atoms with Gasteiger partial charge in [-0.1, -0.05) is 42.5 Å². The summed E-state index contributed by atoms with van der Waals surface area (Å²) < 4.78 is 0. The summed E-state index contributed by atoms with van der Waals surface area (Å²) in [6.07, 6.45) is 0.587. The fourth-order valence-corrected chi connectivity index (χ4v) is 2.47. The Bertz CT molecular complexity index is 616. The largest absolute Gasteiger partial charge is 0.396 e. The average molecular weight is 300 g/mol. The van der Waals surface area contributed by atoms with Gasteiger partial charge in [-0.15, -0.1) is 0 Å². The maximum absolute atomic E-state index is 10.9.